The number of carbonyl (C=O) groups excluding carboxylic acids is 1. The summed E-state index contributed by atoms with van der Waals surface area (Å²) in [4.78, 5) is 33.0. The Bertz CT molecular complexity index is 1270. The summed E-state index contributed by atoms with van der Waals surface area (Å²) in [7, 11) is 1.80. The predicted octanol–water partition coefficient (Wildman–Crippen LogP) is 3.94. The van der Waals surface area contributed by atoms with Gasteiger partial charge in [0.1, 0.15) is 17.0 Å². The Morgan fingerprint density at radius 3 is 2.63 bits per heavy atom. The Morgan fingerprint density at radius 1 is 1.13 bits per heavy atom. The zero-order valence-corrected chi connectivity index (χ0v) is 17.6. The smallest absolute Gasteiger partial charge is 0.270 e. The molecule has 6 heteroatoms. The van der Waals surface area contributed by atoms with E-state index in [2.05, 4.69) is 11.9 Å². The number of rotatable bonds is 6. The molecule has 3 heterocycles. The van der Waals surface area contributed by atoms with Gasteiger partial charge in [-0.25, -0.2) is 4.98 Å². The van der Waals surface area contributed by atoms with Crippen molar-refractivity contribution in [3.63, 3.8) is 0 Å². The van der Waals surface area contributed by atoms with Gasteiger partial charge < -0.3 is 9.47 Å². The van der Waals surface area contributed by atoms with Gasteiger partial charge in [-0.1, -0.05) is 49.7 Å². The van der Waals surface area contributed by atoms with E-state index in [1.807, 2.05) is 54.3 Å². The molecule has 1 amide bonds. The molecular weight excluding hydrogens is 376 g/mol. The molecule has 30 heavy (non-hydrogen) atoms. The zero-order valence-electron chi connectivity index (χ0n) is 17.6. The number of aromatic nitrogens is 3. The monoisotopic (exact) mass is 402 g/mol. The summed E-state index contributed by atoms with van der Waals surface area (Å²) in [6.45, 7) is 5.25. The molecule has 0 bridgehead atoms. The maximum atomic E-state index is 13.5. The minimum absolute atomic E-state index is 0.0857. The first-order valence-corrected chi connectivity index (χ1v) is 10.3. The van der Waals surface area contributed by atoms with Crippen LogP contribution in [0.15, 0.2) is 59.5 Å². The van der Waals surface area contributed by atoms with Gasteiger partial charge in [-0.3, -0.25) is 14.0 Å². The summed E-state index contributed by atoms with van der Waals surface area (Å²) in [5.41, 5.74) is 3.49. The summed E-state index contributed by atoms with van der Waals surface area (Å²) in [5, 5.41) is 0.458. The molecule has 3 aromatic heterocycles. The van der Waals surface area contributed by atoms with Crippen LogP contribution in [0.3, 0.4) is 0 Å². The minimum atomic E-state index is -0.156. The van der Waals surface area contributed by atoms with Gasteiger partial charge in [-0.2, -0.15) is 0 Å². The second-order valence-corrected chi connectivity index (χ2v) is 7.74. The van der Waals surface area contributed by atoms with E-state index in [-0.39, 0.29) is 11.5 Å². The molecule has 0 aliphatic heterocycles. The Balaban J connectivity index is 1.78. The minimum Gasteiger partial charge on any atom is -0.333 e. The van der Waals surface area contributed by atoms with Crippen molar-refractivity contribution < 1.29 is 4.79 Å². The fraction of sp³-hybridized carbons (Fsp3) is 0.292. The van der Waals surface area contributed by atoms with E-state index in [9.17, 15) is 9.59 Å². The maximum absolute atomic E-state index is 13.5. The van der Waals surface area contributed by atoms with Crippen molar-refractivity contribution in [2.45, 2.75) is 33.2 Å². The van der Waals surface area contributed by atoms with Crippen LogP contribution in [0.5, 0.6) is 0 Å². The first-order valence-electron chi connectivity index (χ1n) is 10.3. The lowest BCUT2D eigenvalue weighted by atomic mass is 10.2. The molecule has 0 atom stereocenters. The largest absolute Gasteiger partial charge is 0.333 e. The molecule has 0 aliphatic carbocycles. The Morgan fingerprint density at radius 2 is 1.90 bits per heavy atom. The number of carbonyl (C=O) groups is 1. The normalized spacial score (nSPS) is 11.3. The summed E-state index contributed by atoms with van der Waals surface area (Å²) in [6, 6.07) is 15.4. The standard InChI is InChI=1S/C24H26N4O2/c1-4-5-13-27(16-18-9-7-6-8-10-18)24(30)20-14-19-22(26(20)3)25-21-12-11-17(2)15-28(21)23(19)29/h6-12,14-15H,4-5,13,16H2,1-3H3. The second-order valence-electron chi connectivity index (χ2n) is 7.74. The van der Waals surface area contributed by atoms with Crippen LogP contribution in [0.25, 0.3) is 16.7 Å². The second kappa shape index (κ2) is 8.14. The van der Waals surface area contributed by atoms with Crippen molar-refractivity contribution in [1.82, 2.24) is 18.9 Å². The van der Waals surface area contributed by atoms with Gasteiger partial charge >= 0.3 is 0 Å². The average Bonchev–Trinajstić information content (AvgIpc) is 3.09. The van der Waals surface area contributed by atoms with Crippen molar-refractivity contribution in [3.05, 3.63) is 81.9 Å². The number of pyridine rings is 1. The van der Waals surface area contributed by atoms with E-state index in [0.29, 0.717) is 35.5 Å². The zero-order chi connectivity index (χ0) is 21.3. The average molecular weight is 402 g/mol. The van der Waals surface area contributed by atoms with Gasteiger partial charge in [-0.05, 0) is 36.6 Å². The quantitative estimate of drug-likeness (QED) is 0.491. The SMILES string of the molecule is CCCCN(Cc1ccccc1)C(=O)c1cc2c(=O)n3cc(C)ccc3nc2n1C. The molecule has 6 nitrogen and oxygen atoms in total. The van der Waals surface area contributed by atoms with Crippen molar-refractivity contribution in [2.24, 2.45) is 7.05 Å². The molecule has 4 rings (SSSR count). The van der Waals surface area contributed by atoms with Crippen LogP contribution in [0.1, 0.15) is 41.4 Å². The third kappa shape index (κ3) is 3.61. The Hall–Kier alpha value is -3.41. The van der Waals surface area contributed by atoms with Crippen LogP contribution in [-0.2, 0) is 13.6 Å². The molecule has 0 radical (unpaired) electrons. The Kier molecular flexibility index (Phi) is 5.40. The highest BCUT2D eigenvalue weighted by Gasteiger charge is 2.22. The number of amides is 1. The van der Waals surface area contributed by atoms with Gasteiger partial charge in [0.25, 0.3) is 11.5 Å². The molecule has 0 saturated carbocycles. The number of aryl methyl sites for hydroxylation is 2. The van der Waals surface area contributed by atoms with Crippen LogP contribution < -0.4 is 5.56 Å². The van der Waals surface area contributed by atoms with E-state index in [1.165, 1.54) is 0 Å². The van der Waals surface area contributed by atoms with Gasteiger partial charge in [0, 0.05) is 26.3 Å². The summed E-state index contributed by atoms with van der Waals surface area (Å²) < 4.78 is 3.29. The molecule has 0 N–H and O–H groups in total. The van der Waals surface area contributed by atoms with E-state index < -0.39 is 0 Å². The van der Waals surface area contributed by atoms with Gasteiger partial charge in [-0.15, -0.1) is 0 Å². The first kappa shape index (κ1) is 19.9. The van der Waals surface area contributed by atoms with Crippen LogP contribution in [0, 0.1) is 6.92 Å². The molecule has 0 saturated heterocycles. The molecular formula is C24H26N4O2. The van der Waals surface area contributed by atoms with Crippen molar-refractivity contribution in [2.75, 3.05) is 6.54 Å². The van der Waals surface area contributed by atoms with Crippen LogP contribution in [0.2, 0.25) is 0 Å². The molecule has 4 aromatic rings. The third-order valence-electron chi connectivity index (χ3n) is 5.45. The molecule has 1 aromatic carbocycles. The molecule has 154 valence electrons. The van der Waals surface area contributed by atoms with Crippen molar-refractivity contribution in [3.8, 4) is 0 Å². The lowest BCUT2D eigenvalue weighted by Gasteiger charge is -2.23. The summed E-state index contributed by atoms with van der Waals surface area (Å²) in [5.74, 6) is -0.0857. The molecule has 0 aliphatic rings. The maximum Gasteiger partial charge on any atom is 0.270 e. The van der Waals surface area contributed by atoms with Crippen LogP contribution in [0.4, 0.5) is 0 Å². The summed E-state index contributed by atoms with van der Waals surface area (Å²) in [6.07, 6.45) is 3.70. The number of unbranched alkanes of at least 4 members (excludes halogenated alkanes) is 1. The molecule has 0 unspecified atom stereocenters. The van der Waals surface area contributed by atoms with E-state index in [4.69, 9.17) is 0 Å². The van der Waals surface area contributed by atoms with E-state index in [0.717, 1.165) is 24.0 Å². The number of benzene rings is 1. The third-order valence-corrected chi connectivity index (χ3v) is 5.45. The molecule has 0 spiro atoms. The number of fused-ring (bicyclic) bond motifs is 2. The highest BCUT2D eigenvalue weighted by Crippen LogP contribution is 2.18. The van der Waals surface area contributed by atoms with Gasteiger partial charge in [0.2, 0.25) is 0 Å². The summed E-state index contributed by atoms with van der Waals surface area (Å²) >= 11 is 0. The highest BCUT2D eigenvalue weighted by atomic mass is 16.2. The van der Waals surface area contributed by atoms with Crippen LogP contribution >= 0.6 is 0 Å². The number of hydrogen-bond donors (Lipinski definition) is 0. The predicted molar refractivity (Wildman–Crippen MR) is 119 cm³/mol. The lowest BCUT2D eigenvalue weighted by Crippen LogP contribution is -2.32. The Labute approximate surface area is 175 Å². The van der Waals surface area contributed by atoms with Crippen molar-refractivity contribution >= 4 is 22.6 Å². The van der Waals surface area contributed by atoms with E-state index in [1.54, 1.807) is 28.3 Å². The fourth-order valence-corrected chi connectivity index (χ4v) is 3.75. The van der Waals surface area contributed by atoms with Crippen LogP contribution in [-0.4, -0.2) is 31.3 Å². The highest BCUT2D eigenvalue weighted by molar-refractivity contribution is 5.98. The molecule has 0 fully saturated rings. The topological polar surface area (TPSA) is 59.6 Å². The van der Waals surface area contributed by atoms with E-state index >= 15 is 0 Å². The number of hydrogen-bond acceptors (Lipinski definition) is 3. The van der Waals surface area contributed by atoms with Gasteiger partial charge in [0.15, 0.2) is 0 Å². The van der Waals surface area contributed by atoms with Crippen molar-refractivity contribution in [1.29, 1.82) is 0 Å². The fourth-order valence-electron chi connectivity index (χ4n) is 3.75. The first-order chi connectivity index (χ1) is 14.5. The van der Waals surface area contributed by atoms with Gasteiger partial charge in [0.05, 0.1) is 5.39 Å². The number of nitrogens with zero attached hydrogens (tertiary/aromatic N) is 4. The lowest BCUT2D eigenvalue weighted by molar-refractivity contribution is 0.0731.